The molecule has 0 aliphatic rings. The molecule has 0 atom stereocenters. The summed E-state index contributed by atoms with van der Waals surface area (Å²) in [6.07, 6.45) is 1.53. The quantitative estimate of drug-likeness (QED) is 0.468. The summed E-state index contributed by atoms with van der Waals surface area (Å²) in [5.41, 5.74) is 2.41. The van der Waals surface area contributed by atoms with Crippen LogP contribution in [-0.2, 0) is 11.4 Å². The number of methoxy groups -OCH3 is 1. The third-order valence-corrected chi connectivity index (χ3v) is 4.15. The number of nitrogens with zero attached hydrogens (tertiary/aromatic N) is 1. The molecule has 0 aliphatic carbocycles. The number of hydrogen-bond acceptors (Lipinski definition) is 4. The summed E-state index contributed by atoms with van der Waals surface area (Å²) < 4.78 is 10.8. The number of nitrogens with one attached hydrogen (secondary N) is 1. The van der Waals surface area contributed by atoms with Crippen molar-refractivity contribution in [2.75, 3.05) is 12.4 Å². The number of amides is 1. The Bertz CT molecular complexity index is 1020. The van der Waals surface area contributed by atoms with Crippen LogP contribution in [0.5, 0.6) is 11.5 Å². The van der Waals surface area contributed by atoms with E-state index >= 15 is 0 Å². The van der Waals surface area contributed by atoms with Gasteiger partial charge in [0.1, 0.15) is 29.7 Å². The van der Waals surface area contributed by atoms with Gasteiger partial charge in [-0.2, -0.15) is 5.26 Å². The molecule has 29 heavy (non-hydrogen) atoms. The van der Waals surface area contributed by atoms with E-state index in [4.69, 9.17) is 9.47 Å². The van der Waals surface area contributed by atoms with E-state index in [-0.39, 0.29) is 5.57 Å². The van der Waals surface area contributed by atoms with Crippen LogP contribution in [-0.4, -0.2) is 13.0 Å². The number of carbonyl (C=O) groups excluding carboxylic acids is 1. The van der Waals surface area contributed by atoms with Gasteiger partial charge in [-0.25, -0.2) is 0 Å². The molecule has 1 amide bonds. The maximum absolute atomic E-state index is 12.4. The van der Waals surface area contributed by atoms with Crippen molar-refractivity contribution in [3.8, 4) is 17.6 Å². The van der Waals surface area contributed by atoms with Crippen molar-refractivity contribution in [3.63, 3.8) is 0 Å². The number of nitriles is 1. The number of ether oxygens (including phenoxy) is 2. The Labute approximate surface area is 169 Å². The van der Waals surface area contributed by atoms with Crippen molar-refractivity contribution >= 4 is 17.7 Å². The van der Waals surface area contributed by atoms with Crippen molar-refractivity contribution in [1.82, 2.24) is 0 Å². The molecule has 5 heteroatoms. The van der Waals surface area contributed by atoms with Crippen molar-refractivity contribution in [2.24, 2.45) is 0 Å². The third kappa shape index (κ3) is 5.72. The van der Waals surface area contributed by atoms with E-state index < -0.39 is 5.91 Å². The lowest BCUT2D eigenvalue weighted by molar-refractivity contribution is -0.112. The van der Waals surface area contributed by atoms with E-state index in [1.165, 1.54) is 6.08 Å². The summed E-state index contributed by atoms with van der Waals surface area (Å²) in [5.74, 6) is 0.932. The highest BCUT2D eigenvalue weighted by atomic mass is 16.5. The molecule has 0 fully saturated rings. The smallest absolute Gasteiger partial charge is 0.266 e. The molecule has 5 nitrogen and oxygen atoms in total. The zero-order valence-corrected chi connectivity index (χ0v) is 16.0. The lowest BCUT2D eigenvalue weighted by atomic mass is 10.1. The summed E-state index contributed by atoms with van der Waals surface area (Å²) in [5, 5.41) is 12.1. The summed E-state index contributed by atoms with van der Waals surface area (Å²) in [7, 11) is 1.58. The summed E-state index contributed by atoms with van der Waals surface area (Å²) in [6.45, 7) is 0.468. The molecule has 0 aromatic heterocycles. The highest BCUT2D eigenvalue weighted by Crippen LogP contribution is 2.19. The zero-order valence-electron chi connectivity index (χ0n) is 16.0. The maximum atomic E-state index is 12.4. The Kier molecular flexibility index (Phi) is 6.64. The minimum absolute atomic E-state index is 0.0135. The molecule has 0 radical (unpaired) electrons. The molecule has 3 aromatic rings. The van der Waals surface area contributed by atoms with Gasteiger partial charge in [0.2, 0.25) is 0 Å². The van der Waals surface area contributed by atoms with Crippen LogP contribution in [0.25, 0.3) is 6.08 Å². The van der Waals surface area contributed by atoms with Crippen LogP contribution in [0.4, 0.5) is 5.69 Å². The molecule has 3 aromatic carbocycles. The van der Waals surface area contributed by atoms with Crippen molar-refractivity contribution in [1.29, 1.82) is 5.26 Å². The minimum Gasteiger partial charge on any atom is -0.497 e. The fourth-order valence-corrected chi connectivity index (χ4v) is 2.59. The SMILES string of the molecule is COc1ccc(/C=C(/C#N)C(=O)Nc2ccc(OCc3ccccc3)cc2)cc1. The number of benzene rings is 3. The van der Waals surface area contributed by atoms with Crippen molar-refractivity contribution < 1.29 is 14.3 Å². The van der Waals surface area contributed by atoms with E-state index in [1.807, 2.05) is 36.4 Å². The van der Waals surface area contributed by atoms with Gasteiger partial charge in [-0.3, -0.25) is 4.79 Å². The largest absolute Gasteiger partial charge is 0.497 e. The molecule has 1 N–H and O–H groups in total. The first-order chi connectivity index (χ1) is 14.2. The van der Waals surface area contributed by atoms with Crippen LogP contribution in [0, 0.1) is 11.3 Å². The van der Waals surface area contributed by atoms with Gasteiger partial charge in [0.05, 0.1) is 7.11 Å². The number of hydrogen-bond donors (Lipinski definition) is 1. The van der Waals surface area contributed by atoms with E-state index in [0.717, 1.165) is 11.1 Å². The van der Waals surface area contributed by atoms with Gasteiger partial charge in [-0.05, 0) is 53.6 Å². The van der Waals surface area contributed by atoms with Crippen LogP contribution in [0.15, 0.2) is 84.4 Å². The maximum Gasteiger partial charge on any atom is 0.266 e. The fourth-order valence-electron chi connectivity index (χ4n) is 2.59. The average Bonchev–Trinajstić information content (AvgIpc) is 2.78. The van der Waals surface area contributed by atoms with Crippen LogP contribution >= 0.6 is 0 Å². The monoisotopic (exact) mass is 384 g/mol. The lowest BCUT2D eigenvalue weighted by Crippen LogP contribution is -2.13. The first-order valence-corrected chi connectivity index (χ1v) is 9.02. The van der Waals surface area contributed by atoms with Crippen molar-refractivity contribution in [2.45, 2.75) is 6.61 Å². The van der Waals surface area contributed by atoms with Gasteiger partial charge >= 0.3 is 0 Å². The second kappa shape index (κ2) is 9.77. The predicted octanol–water partition coefficient (Wildman–Crippen LogP) is 4.82. The van der Waals surface area contributed by atoms with Gasteiger partial charge in [-0.15, -0.1) is 0 Å². The molecule has 0 spiro atoms. The lowest BCUT2D eigenvalue weighted by Gasteiger charge is -2.08. The molecule has 0 unspecified atom stereocenters. The van der Waals surface area contributed by atoms with Gasteiger partial charge in [0.25, 0.3) is 5.91 Å². The Morgan fingerprint density at radius 2 is 1.62 bits per heavy atom. The highest BCUT2D eigenvalue weighted by molar-refractivity contribution is 6.09. The third-order valence-electron chi connectivity index (χ3n) is 4.15. The summed E-state index contributed by atoms with van der Waals surface area (Å²) in [4.78, 5) is 12.4. The van der Waals surface area contributed by atoms with E-state index in [2.05, 4.69) is 5.32 Å². The Morgan fingerprint density at radius 1 is 0.966 bits per heavy atom. The summed E-state index contributed by atoms with van der Waals surface area (Å²) in [6, 6.07) is 25.9. The highest BCUT2D eigenvalue weighted by Gasteiger charge is 2.10. The molecule has 3 rings (SSSR count). The van der Waals surface area contributed by atoms with Gasteiger partial charge in [0, 0.05) is 5.69 Å². The Hall–Kier alpha value is -4.04. The molecular weight excluding hydrogens is 364 g/mol. The number of anilines is 1. The molecular formula is C24H20N2O3. The summed E-state index contributed by atoms with van der Waals surface area (Å²) >= 11 is 0. The number of carbonyl (C=O) groups is 1. The first-order valence-electron chi connectivity index (χ1n) is 9.02. The minimum atomic E-state index is -0.471. The topological polar surface area (TPSA) is 71.3 Å². The van der Waals surface area contributed by atoms with Gasteiger partial charge in [-0.1, -0.05) is 42.5 Å². The van der Waals surface area contributed by atoms with Gasteiger partial charge < -0.3 is 14.8 Å². The molecule has 0 heterocycles. The van der Waals surface area contributed by atoms with Crippen LogP contribution in [0.2, 0.25) is 0 Å². The van der Waals surface area contributed by atoms with Gasteiger partial charge in [0.15, 0.2) is 0 Å². The fraction of sp³-hybridized carbons (Fsp3) is 0.0833. The van der Waals surface area contributed by atoms with Crippen LogP contribution < -0.4 is 14.8 Å². The Morgan fingerprint density at radius 3 is 2.24 bits per heavy atom. The van der Waals surface area contributed by atoms with E-state index in [0.29, 0.717) is 23.8 Å². The standard InChI is InChI=1S/C24H20N2O3/c1-28-22-11-7-18(8-12-22)15-20(16-25)24(27)26-21-9-13-23(14-10-21)29-17-19-5-3-2-4-6-19/h2-15H,17H2,1H3,(H,26,27)/b20-15-. The Balaban J connectivity index is 1.61. The van der Waals surface area contributed by atoms with E-state index in [1.54, 1.807) is 55.6 Å². The molecule has 0 bridgehead atoms. The first kappa shape index (κ1) is 19.7. The second-order valence-electron chi connectivity index (χ2n) is 6.20. The van der Waals surface area contributed by atoms with E-state index in [9.17, 15) is 10.1 Å². The second-order valence-corrected chi connectivity index (χ2v) is 6.20. The van der Waals surface area contributed by atoms with Crippen LogP contribution in [0.3, 0.4) is 0 Å². The molecule has 144 valence electrons. The zero-order chi connectivity index (χ0) is 20.5. The van der Waals surface area contributed by atoms with Crippen LogP contribution in [0.1, 0.15) is 11.1 Å². The molecule has 0 aliphatic heterocycles. The number of rotatable bonds is 7. The predicted molar refractivity (Wildman–Crippen MR) is 112 cm³/mol. The molecule has 0 saturated carbocycles. The normalized spacial score (nSPS) is 10.7. The average molecular weight is 384 g/mol. The van der Waals surface area contributed by atoms with Crippen molar-refractivity contribution in [3.05, 3.63) is 95.6 Å². The molecule has 0 saturated heterocycles.